The van der Waals surface area contributed by atoms with Gasteiger partial charge in [-0.15, -0.1) is 16.9 Å². The van der Waals surface area contributed by atoms with Gasteiger partial charge in [0.05, 0.1) is 5.75 Å². The summed E-state index contributed by atoms with van der Waals surface area (Å²) in [6.45, 7) is 0. The van der Waals surface area contributed by atoms with E-state index in [1.54, 1.807) is 17.8 Å². The summed E-state index contributed by atoms with van der Waals surface area (Å²) in [5, 5.41) is 10.3. The molecule has 1 N–H and O–H groups in total. The average molecular weight is 337 g/mol. The van der Waals surface area contributed by atoms with Crippen LogP contribution in [0.1, 0.15) is 11.5 Å². The van der Waals surface area contributed by atoms with Gasteiger partial charge in [0.1, 0.15) is 0 Å². The number of anilines is 1. The molecule has 120 valence electrons. The Morgan fingerprint density at radius 2 is 1.75 bits per heavy atom. The molecule has 1 amide bonds. The lowest BCUT2D eigenvalue weighted by Crippen LogP contribution is -2.07. The predicted molar refractivity (Wildman–Crippen MR) is 94.4 cm³/mol. The van der Waals surface area contributed by atoms with Crippen molar-refractivity contribution in [2.75, 3.05) is 5.32 Å². The number of thioether (sulfide) groups is 1. The summed E-state index contributed by atoms with van der Waals surface area (Å²) in [5.74, 6) is 0.697. The molecular formula is C18H15N3O2S. The Bertz CT molecular complexity index is 817. The average Bonchev–Trinajstić information content (AvgIpc) is 3.07. The van der Waals surface area contributed by atoms with E-state index in [4.69, 9.17) is 4.42 Å². The lowest BCUT2D eigenvalue weighted by Gasteiger charge is -1.97. The van der Waals surface area contributed by atoms with E-state index in [-0.39, 0.29) is 11.9 Å². The van der Waals surface area contributed by atoms with Gasteiger partial charge in [-0.25, -0.2) is 0 Å². The van der Waals surface area contributed by atoms with E-state index in [9.17, 15) is 4.79 Å². The zero-order valence-corrected chi connectivity index (χ0v) is 13.6. The third kappa shape index (κ3) is 4.82. The van der Waals surface area contributed by atoms with Crippen molar-refractivity contribution in [1.29, 1.82) is 0 Å². The maximum Gasteiger partial charge on any atom is 0.322 e. The number of nitrogens with one attached hydrogen (secondary N) is 1. The monoisotopic (exact) mass is 337 g/mol. The van der Waals surface area contributed by atoms with Gasteiger partial charge in [-0.05, 0) is 23.8 Å². The first kappa shape index (κ1) is 16.0. The standard InChI is InChI=1S/C18H15N3O2S/c22-16(12-11-14-7-3-1-4-8-14)19-18-21-20-17(23-18)13-24-15-9-5-2-6-10-15/h1-12H,13H2,(H,19,21,22)/b12-11+. The van der Waals surface area contributed by atoms with Gasteiger partial charge < -0.3 is 4.42 Å². The lowest BCUT2D eigenvalue weighted by molar-refractivity contribution is -0.112. The van der Waals surface area contributed by atoms with Crippen molar-refractivity contribution in [3.63, 3.8) is 0 Å². The summed E-state index contributed by atoms with van der Waals surface area (Å²) in [4.78, 5) is 13.0. The van der Waals surface area contributed by atoms with Crippen LogP contribution in [0.15, 0.2) is 76.1 Å². The fourth-order valence-electron chi connectivity index (χ4n) is 1.91. The van der Waals surface area contributed by atoms with Gasteiger partial charge in [0.15, 0.2) is 0 Å². The van der Waals surface area contributed by atoms with E-state index in [0.29, 0.717) is 11.6 Å². The maximum absolute atomic E-state index is 11.8. The Labute approximate surface area is 143 Å². The van der Waals surface area contributed by atoms with Gasteiger partial charge in [-0.2, -0.15) is 0 Å². The van der Waals surface area contributed by atoms with Gasteiger partial charge in [-0.1, -0.05) is 53.6 Å². The van der Waals surface area contributed by atoms with Crippen molar-refractivity contribution in [3.05, 3.63) is 78.2 Å². The third-order valence-electron chi connectivity index (χ3n) is 3.03. The summed E-state index contributed by atoms with van der Waals surface area (Å²) in [7, 11) is 0. The smallest absolute Gasteiger partial charge is 0.322 e. The van der Waals surface area contributed by atoms with Crippen LogP contribution in [0.25, 0.3) is 6.08 Å². The molecular weight excluding hydrogens is 322 g/mol. The molecule has 24 heavy (non-hydrogen) atoms. The molecule has 0 radical (unpaired) electrons. The topological polar surface area (TPSA) is 68.0 Å². The van der Waals surface area contributed by atoms with Gasteiger partial charge in [0.25, 0.3) is 5.91 Å². The maximum atomic E-state index is 11.8. The zero-order valence-electron chi connectivity index (χ0n) is 12.8. The number of carbonyl (C=O) groups is 1. The molecule has 5 nitrogen and oxygen atoms in total. The molecule has 3 aromatic rings. The van der Waals surface area contributed by atoms with Crippen LogP contribution in [0, 0.1) is 0 Å². The Balaban J connectivity index is 1.52. The van der Waals surface area contributed by atoms with E-state index in [1.165, 1.54) is 6.08 Å². The molecule has 0 atom stereocenters. The second-order valence-electron chi connectivity index (χ2n) is 4.84. The number of rotatable bonds is 6. The summed E-state index contributed by atoms with van der Waals surface area (Å²) < 4.78 is 5.42. The molecule has 0 saturated carbocycles. The van der Waals surface area contributed by atoms with Crippen LogP contribution >= 0.6 is 11.8 Å². The molecule has 0 spiro atoms. The number of hydrogen-bond donors (Lipinski definition) is 1. The van der Waals surface area contributed by atoms with Gasteiger partial charge in [-0.3, -0.25) is 10.1 Å². The highest BCUT2D eigenvalue weighted by atomic mass is 32.2. The quantitative estimate of drug-likeness (QED) is 0.543. The molecule has 0 aliphatic carbocycles. The number of hydrogen-bond acceptors (Lipinski definition) is 5. The largest absolute Gasteiger partial charge is 0.407 e. The van der Waals surface area contributed by atoms with Crippen LogP contribution in [-0.4, -0.2) is 16.1 Å². The van der Waals surface area contributed by atoms with Crippen LogP contribution in [-0.2, 0) is 10.5 Å². The Kier molecular flexibility index (Phi) is 5.42. The highest BCUT2D eigenvalue weighted by Crippen LogP contribution is 2.22. The minimum atomic E-state index is -0.315. The summed E-state index contributed by atoms with van der Waals surface area (Å²) >= 11 is 1.59. The second kappa shape index (κ2) is 8.12. The Morgan fingerprint density at radius 1 is 1.04 bits per heavy atom. The van der Waals surface area contributed by atoms with Crippen molar-refractivity contribution in [3.8, 4) is 0 Å². The molecule has 1 aromatic heterocycles. The van der Waals surface area contributed by atoms with Gasteiger partial charge in [0, 0.05) is 11.0 Å². The highest BCUT2D eigenvalue weighted by molar-refractivity contribution is 7.98. The molecule has 0 saturated heterocycles. The fourth-order valence-corrected chi connectivity index (χ4v) is 2.66. The summed E-state index contributed by atoms with van der Waals surface area (Å²) in [6, 6.07) is 19.6. The van der Waals surface area contributed by atoms with E-state index >= 15 is 0 Å². The van der Waals surface area contributed by atoms with Gasteiger partial charge in [0.2, 0.25) is 5.89 Å². The molecule has 3 rings (SSSR count). The van der Waals surface area contributed by atoms with Crippen molar-refractivity contribution in [1.82, 2.24) is 10.2 Å². The number of nitrogens with zero attached hydrogens (tertiary/aromatic N) is 2. The first-order valence-corrected chi connectivity index (χ1v) is 8.32. The SMILES string of the molecule is O=C(/C=C/c1ccccc1)Nc1nnc(CSc2ccccc2)o1. The first-order chi connectivity index (χ1) is 11.8. The molecule has 1 heterocycles. The van der Waals surface area contributed by atoms with Crippen LogP contribution in [0.3, 0.4) is 0 Å². The predicted octanol–water partition coefficient (Wildman–Crippen LogP) is 4.01. The summed E-state index contributed by atoms with van der Waals surface area (Å²) in [5.41, 5.74) is 0.943. The normalized spacial score (nSPS) is 10.8. The third-order valence-corrected chi connectivity index (χ3v) is 4.03. The molecule has 0 aliphatic rings. The number of benzene rings is 2. The zero-order chi connectivity index (χ0) is 16.6. The van der Waals surface area contributed by atoms with Crippen molar-refractivity contribution < 1.29 is 9.21 Å². The van der Waals surface area contributed by atoms with Crippen LogP contribution in [0.2, 0.25) is 0 Å². The molecule has 2 aromatic carbocycles. The van der Waals surface area contributed by atoms with Crippen LogP contribution < -0.4 is 5.32 Å². The number of amides is 1. The molecule has 0 aliphatic heterocycles. The minimum Gasteiger partial charge on any atom is -0.407 e. The number of aromatic nitrogens is 2. The number of carbonyl (C=O) groups excluding carboxylic acids is 1. The Hall–Kier alpha value is -2.86. The van der Waals surface area contributed by atoms with Gasteiger partial charge >= 0.3 is 6.01 Å². The van der Waals surface area contributed by atoms with Crippen LogP contribution in [0.5, 0.6) is 0 Å². The van der Waals surface area contributed by atoms with E-state index in [1.807, 2.05) is 60.7 Å². The molecule has 6 heteroatoms. The van der Waals surface area contributed by atoms with Crippen molar-refractivity contribution in [2.24, 2.45) is 0 Å². The van der Waals surface area contributed by atoms with Crippen molar-refractivity contribution >= 4 is 29.8 Å². The molecule has 0 fully saturated rings. The second-order valence-corrected chi connectivity index (χ2v) is 5.88. The molecule has 0 unspecified atom stereocenters. The molecule has 0 bridgehead atoms. The van der Waals surface area contributed by atoms with Crippen molar-refractivity contribution in [2.45, 2.75) is 10.6 Å². The summed E-state index contributed by atoms with van der Waals surface area (Å²) in [6.07, 6.45) is 3.15. The fraction of sp³-hybridized carbons (Fsp3) is 0.0556. The lowest BCUT2D eigenvalue weighted by atomic mass is 10.2. The van der Waals surface area contributed by atoms with E-state index in [2.05, 4.69) is 15.5 Å². The van der Waals surface area contributed by atoms with E-state index < -0.39 is 0 Å². The highest BCUT2D eigenvalue weighted by Gasteiger charge is 2.08. The first-order valence-electron chi connectivity index (χ1n) is 7.34. The van der Waals surface area contributed by atoms with E-state index in [0.717, 1.165) is 10.5 Å². The Morgan fingerprint density at radius 3 is 2.50 bits per heavy atom. The van der Waals surface area contributed by atoms with Crippen LogP contribution in [0.4, 0.5) is 6.01 Å². The minimum absolute atomic E-state index is 0.0985.